The molecule has 0 unspecified atom stereocenters. The molecule has 0 spiro atoms. The van der Waals surface area contributed by atoms with Gasteiger partial charge in [0.2, 0.25) is 0 Å². The minimum Gasteiger partial charge on any atom is -0.316 e. The SMILES string of the molecule is CNCc1cc2ccccc2nc1SC. The summed E-state index contributed by atoms with van der Waals surface area (Å²) in [7, 11) is 1.96. The summed E-state index contributed by atoms with van der Waals surface area (Å²) in [5, 5.41) is 5.49. The third kappa shape index (κ3) is 2.13. The van der Waals surface area contributed by atoms with Gasteiger partial charge in [0.05, 0.1) is 5.52 Å². The standard InChI is InChI=1S/C12H14N2S/c1-13-8-10-7-9-5-3-4-6-11(9)14-12(10)15-2/h3-7,13H,8H2,1-2H3. The zero-order chi connectivity index (χ0) is 10.7. The Hall–Kier alpha value is -1.06. The molecule has 3 heteroatoms. The van der Waals surface area contributed by atoms with E-state index < -0.39 is 0 Å². The van der Waals surface area contributed by atoms with Crippen LogP contribution < -0.4 is 5.32 Å². The zero-order valence-electron chi connectivity index (χ0n) is 8.95. The molecule has 0 atom stereocenters. The van der Waals surface area contributed by atoms with E-state index in [1.165, 1.54) is 10.9 Å². The molecule has 0 amide bonds. The average Bonchev–Trinajstić information content (AvgIpc) is 2.28. The number of nitrogens with one attached hydrogen (secondary N) is 1. The molecule has 0 bridgehead atoms. The fourth-order valence-corrected chi connectivity index (χ4v) is 2.22. The summed E-state index contributed by atoms with van der Waals surface area (Å²) in [6.07, 6.45) is 2.07. The van der Waals surface area contributed by atoms with Crippen LogP contribution in [0.5, 0.6) is 0 Å². The summed E-state index contributed by atoms with van der Waals surface area (Å²) in [6, 6.07) is 10.4. The molecule has 0 saturated carbocycles. The molecular weight excluding hydrogens is 204 g/mol. The maximum absolute atomic E-state index is 4.64. The number of hydrogen-bond donors (Lipinski definition) is 1. The van der Waals surface area contributed by atoms with E-state index in [0.29, 0.717) is 0 Å². The van der Waals surface area contributed by atoms with Crippen molar-refractivity contribution in [3.05, 3.63) is 35.9 Å². The van der Waals surface area contributed by atoms with Crippen molar-refractivity contribution in [1.29, 1.82) is 0 Å². The highest BCUT2D eigenvalue weighted by molar-refractivity contribution is 7.98. The molecule has 1 heterocycles. The Morgan fingerprint density at radius 1 is 1.33 bits per heavy atom. The molecule has 1 N–H and O–H groups in total. The Balaban J connectivity index is 2.58. The van der Waals surface area contributed by atoms with Crippen molar-refractivity contribution in [2.24, 2.45) is 0 Å². The maximum Gasteiger partial charge on any atom is 0.101 e. The van der Waals surface area contributed by atoms with E-state index in [0.717, 1.165) is 17.1 Å². The smallest absolute Gasteiger partial charge is 0.101 e. The Kier molecular flexibility index (Phi) is 3.23. The number of para-hydroxylation sites is 1. The first-order valence-corrected chi connectivity index (χ1v) is 6.15. The van der Waals surface area contributed by atoms with Crippen molar-refractivity contribution in [3.8, 4) is 0 Å². The summed E-state index contributed by atoms with van der Waals surface area (Å²) in [4.78, 5) is 4.64. The van der Waals surface area contributed by atoms with E-state index >= 15 is 0 Å². The lowest BCUT2D eigenvalue weighted by Gasteiger charge is -2.07. The van der Waals surface area contributed by atoms with E-state index in [1.807, 2.05) is 19.2 Å². The van der Waals surface area contributed by atoms with Crippen molar-refractivity contribution in [2.45, 2.75) is 11.6 Å². The summed E-state index contributed by atoms with van der Waals surface area (Å²) in [6.45, 7) is 0.869. The molecule has 2 aromatic rings. The van der Waals surface area contributed by atoms with Crippen LogP contribution in [0.4, 0.5) is 0 Å². The van der Waals surface area contributed by atoms with Gasteiger partial charge in [0.1, 0.15) is 5.03 Å². The first kappa shape index (κ1) is 10.5. The molecule has 0 aliphatic heterocycles. The highest BCUT2D eigenvalue weighted by Crippen LogP contribution is 2.22. The molecule has 0 aliphatic carbocycles. The van der Waals surface area contributed by atoms with Gasteiger partial charge < -0.3 is 5.32 Å². The molecule has 1 aromatic carbocycles. The molecule has 15 heavy (non-hydrogen) atoms. The molecule has 1 aromatic heterocycles. The molecule has 78 valence electrons. The van der Waals surface area contributed by atoms with Crippen LogP contribution in [0.25, 0.3) is 10.9 Å². The van der Waals surface area contributed by atoms with E-state index in [-0.39, 0.29) is 0 Å². The van der Waals surface area contributed by atoms with E-state index in [2.05, 4.69) is 34.8 Å². The predicted molar refractivity (Wildman–Crippen MR) is 66.3 cm³/mol. The lowest BCUT2D eigenvalue weighted by atomic mass is 10.1. The Morgan fingerprint density at radius 3 is 2.87 bits per heavy atom. The fourth-order valence-electron chi connectivity index (χ4n) is 1.64. The van der Waals surface area contributed by atoms with E-state index in [1.54, 1.807) is 11.8 Å². The number of aromatic nitrogens is 1. The Morgan fingerprint density at radius 2 is 2.13 bits per heavy atom. The second-order valence-corrected chi connectivity index (χ2v) is 4.17. The van der Waals surface area contributed by atoms with Crippen LogP contribution in [-0.2, 0) is 6.54 Å². The summed E-state index contributed by atoms with van der Waals surface area (Å²) in [5.41, 5.74) is 2.34. The molecule has 0 aliphatic rings. The Labute approximate surface area is 94.1 Å². The minimum atomic E-state index is 0.869. The molecular formula is C12H14N2S. The van der Waals surface area contributed by atoms with Crippen LogP contribution in [0.1, 0.15) is 5.56 Å². The van der Waals surface area contributed by atoms with Crippen LogP contribution in [-0.4, -0.2) is 18.3 Å². The third-order valence-electron chi connectivity index (χ3n) is 2.32. The van der Waals surface area contributed by atoms with Gasteiger partial charge in [-0.1, -0.05) is 18.2 Å². The van der Waals surface area contributed by atoms with Crippen molar-refractivity contribution >= 4 is 22.7 Å². The van der Waals surface area contributed by atoms with Gasteiger partial charge in [0.25, 0.3) is 0 Å². The number of thioether (sulfide) groups is 1. The van der Waals surface area contributed by atoms with Gasteiger partial charge in [-0.25, -0.2) is 4.98 Å². The molecule has 0 fully saturated rings. The topological polar surface area (TPSA) is 24.9 Å². The minimum absolute atomic E-state index is 0.869. The van der Waals surface area contributed by atoms with Gasteiger partial charge in [-0.15, -0.1) is 11.8 Å². The normalized spacial score (nSPS) is 10.8. The number of nitrogens with zero attached hydrogens (tertiary/aromatic N) is 1. The lowest BCUT2D eigenvalue weighted by molar-refractivity contribution is 0.794. The van der Waals surface area contributed by atoms with Crippen LogP contribution in [0.2, 0.25) is 0 Å². The highest BCUT2D eigenvalue weighted by atomic mass is 32.2. The second-order valence-electron chi connectivity index (χ2n) is 3.38. The largest absolute Gasteiger partial charge is 0.316 e. The number of rotatable bonds is 3. The van der Waals surface area contributed by atoms with Crippen molar-refractivity contribution in [1.82, 2.24) is 10.3 Å². The Bertz CT molecular complexity index is 468. The van der Waals surface area contributed by atoms with Crippen molar-refractivity contribution in [3.63, 3.8) is 0 Å². The summed E-state index contributed by atoms with van der Waals surface area (Å²) >= 11 is 1.70. The number of benzene rings is 1. The summed E-state index contributed by atoms with van der Waals surface area (Å²) < 4.78 is 0. The quantitative estimate of drug-likeness (QED) is 0.802. The van der Waals surface area contributed by atoms with Crippen molar-refractivity contribution < 1.29 is 0 Å². The fraction of sp³-hybridized carbons (Fsp3) is 0.250. The highest BCUT2D eigenvalue weighted by Gasteiger charge is 2.04. The van der Waals surface area contributed by atoms with Gasteiger partial charge >= 0.3 is 0 Å². The van der Waals surface area contributed by atoms with E-state index in [4.69, 9.17) is 0 Å². The number of fused-ring (bicyclic) bond motifs is 1. The van der Waals surface area contributed by atoms with Crippen LogP contribution in [0.15, 0.2) is 35.4 Å². The molecule has 0 radical (unpaired) electrons. The van der Waals surface area contributed by atoms with Gasteiger partial charge in [-0.3, -0.25) is 0 Å². The van der Waals surface area contributed by atoms with Crippen molar-refractivity contribution in [2.75, 3.05) is 13.3 Å². The molecule has 2 nitrogen and oxygen atoms in total. The summed E-state index contributed by atoms with van der Waals surface area (Å²) in [5.74, 6) is 0. The third-order valence-corrected chi connectivity index (χ3v) is 3.06. The van der Waals surface area contributed by atoms with Gasteiger partial charge in [-0.2, -0.15) is 0 Å². The van der Waals surface area contributed by atoms with Gasteiger partial charge in [-0.05, 0) is 31.0 Å². The van der Waals surface area contributed by atoms with Gasteiger partial charge in [0, 0.05) is 11.9 Å². The average molecular weight is 218 g/mol. The van der Waals surface area contributed by atoms with Crippen LogP contribution >= 0.6 is 11.8 Å². The molecule has 2 rings (SSSR count). The van der Waals surface area contributed by atoms with E-state index in [9.17, 15) is 0 Å². The van der Waals surface area contributed by atoms with Crippen LogP contribution in [0, 0.1) is 0 Å². The maximum atomic E-state index is 4.64. The zero-order valence-corrected chi connectivity index (χ0v) is 9.77. The predicted octanol–water partition coefficient (Wildman–Crippen LogP) is 2.68. The van der Waals surface area contributed by atoms with Gasteiger partial charge in [0.15, 0.2) is 0 Å². The second kappa shape index (κ2) is 4.64. The number of hydrogen-bond acceptors (Lipinski definition) is 3. The lowest BCUT2D eigenvalue weighted by Crippen LogP contribution is -2.07. The first-order valence-electron chi connectivity index (χ1n) is 4.92. The monoisotopic (exact) mass is 218 g/mol. The molecule has 0 saturated heterocycles. The number of pyridine rings is 1. The van der Waals surface area contributed by atoms with Crippen LogP contribution in [0.3, 0.4) is 0 Å². The first-order chi connectivity index (χ1) is 7.35.